The van der Waals surface area contributed by atoms with Crippen molar-refractivity contribution in [3.8, 4) is 5.69 Å². The normalized spacial score (nSPS) is 23.7. The molecule has 2 aromatic heterocycles. The number of carbonyl (C=O) groups excluding carboxylic acids is 4. The fraction of sp³-hybridized carbons (Fsp3) is 0.344. The van der Waals surface area contributed by atoms with Crippen molar-refractivity contribution < 1.29 is 19.2 Å². The monoisotopic (exact) mass is 562 g/mol. The van der Waals surface area contributed by atoms with Gasteiger partial charge in [-0.15, -0.1) is 0 Å². The van der Waals surface area contributed by atoms with Gasteiger partial charge in [0.2, 0.25) is 11.8 Å². The Kier molecular flexibility index (Phi) is 5.60. The summed E-state index contributed by atoms with van der Waals surface area (Å²) in [6, 6.07) is 15.1. The summed E-state index contributed by atoms with van der Waals surface area (Å²) in [5.41, 5.74) is 4.92. The Labute approximate surface area is 241 Å². The summed E-state index contributed by atoms with van der Waals surface area (Å²) in [5, 5.41) is 12.0. The molecule has 1 atom stereocenters. The van der Waals surface area contributed by atoms with Crippen LogP contribution < -0.4 is 10.6 Å². The van der Waals surface area contributed by atoms with Gasteiger partial charge in [0.15, 0.2) is 0 Å². The zero-order valence-electron chi connectivity index (χ0n) is 23.0. The maximum absolute atomic E-state index is 13.1. The Balaban J connectivity index is 0.928. The van der Waals surface area contributed by atoms with Gasteiger partial charge in [-0.3, -0.25) is 34.1 Å². The van der Waals surface area contributed by atoms with Crippen molar-refractivity contribution in [2.45, 2.75) is 56.5 Å². The number of piperidine rings is 1. The second-order valence-corrected chi connectivity index (χ2v) is 12.0. The molecule has 2 aliphatic carbocycles. The summed E-state index contributed by atoms with van der Waals surface area (Å²) in [6.45, 7) is 0.750. The summed E-state index contributed by atoms with van der Waals surface area (Å²) in [4.78, 5) is 50.9. The maximum Gasteiger partial charge on any atom is 0.262 e. The van der Waals surface area contributed by atoms with E-state index in [1.807, 2.05) is 0 Å². The Morgan fingerprint density at radius 3 is 2.55 bits per heavy atom. The van der Waals surface area contributed by atoms with E-state index in [1.165, 1.54) is 35.1 Å². The smallest absolute Gasteiger partial charge is 0.262 e. The number of hydrogen-bond donors (Lipinski definition) is 2. The number of benzene rings is 2. The molecule has 42 heavy (non-hydrogen) atoms. The molecule has 2 aromatic carbocycles. The van der Waals surface area contributed by atoms with Crippen molar-refractivity contribution in [1.29, 1.82) is 0 Å². The van der Waals surface area contributed by atoms with Gasteiger partial charge < -0.3 is 9.88 Å². The molecule has 8 rings (SSSR count). The van der Waals surface area contributed by atoms with Crippen molar-refractivity contribution in [2.24, 2.45) is 5.92 Å². The van der Waals surface area contributed by atoms with Gasteiger partial charge in [0.25, 0.3) is 11.8 Å². The lowest BCUT2D eigenvalue weighted by atomic mass is 9.80. The van der Waals surface area contributed by atoms with Crippen LogP contribution in [0.3, 0.4) is 0 Å². The van der Waals surface area contributed by atoms with Crippen LogP contribution in [0, 0.1) is 5.92 Å². The highest BCUT2D eigenvalue weighted by atomic mass is 16.2. The fourth-order valence-electron chi connectivity index (χ4n) is 6.64. The molecule has 3 fully saturated rings. The molecule has 0 bridgehead atoms. The van der Waals surface area contributed by atoms with E-state index in [-0.39, 0.29) is 29.9 Å². The SMILES string of the molecule is O=C1CCC(N2C(=O)c3ccc(NCC4CC(n5cc(-n6ccc7ccccc76)c(C6CC6)n5)C4)cc3C2=O)C(=O)N1. The van der Waals surface area contributed by atoms with Crippen LogP contribution in [0.4, 0.5) is 5.69 Å². The number of anilines is 1. The first-order valence-electron chi connectivity index (χ1n) is 14.7. The number of hydrogen-bond acceptors (Lipinski definition) is 6. The van der Waals surface area contributed by atoms with Gasteiger partial charge in [-0.1, -0.05) is 18.2 Å². The van der Waals surface area contributed by atoms with E-state index in [0.29, 0.717) is 17.9 Å². The van der Waals surface area contributed by atoms with Crippen molar-refractivity contribution in [3.63, 3.8) is 0 Å². The second-order valence-electron chi connectivity index (χ2n) is 12.0. The molecule has 2 aliphatic heterocycles. The van der Waals surface area contributed by atoms with Gasteiger partial charge in [-0.2, -0.15) is 5.10 Å². The molecule has 4 aromatic rings. The Hall–Kier alpha value is -4.73. The molecule has 4 heterocycles. The number of amides is 4. The number of nitrogens with one attached hydrogen (secondary N) is 2. The van der Waals surface area contributed by atoms with Crippen LogP contribution >= 0.6 is 0 Å². The van der Waals surface area contributed by atoms with Crippen LogP contribution in [-0.2, 0) is 9.59 Å². The van der Waals surface area contributed by atoms with E-state index in [9.17, 15) is 19.2 Å². The highest BCUT2D eigenvalue weighted by molar-refractivity contribution is 6.23. The van der Waals surface area contributed by atoms with Crippen molar-refractivity contribution in [1.82, 2.24) is 24.6 Å². The number of para-hydroxylation sites is 1. The molecule has 0 spiro atoms. The van der Waals surface area contributed by atoms with Crippen molar-refractivity contribution in [3.05, 3.63) is 77.7 Å². The average Bonchev–Trinajstić information content (AvgIpc) is 3.50. The lowest BCUT2D eigenvalue weighted by molar-refractivity contribution is -0.136. The minimum atomic E-state index is -0.960. The third-order valence-corrected chi connectivity index (χ3v) is 9.18. The molecule has 10 nitrogen and oxygen atoms in total. The van der Waals surface area contributed by atoms with Crippen LogP contribution in [0.25, 0.3) is 16.6 Å². The van der Waals surface area contributed by atoms with Gasteiger partial charge in [0.05, 0.1) is 34.1 Å². The van der Waals surface area contributed by atoms with Gasteiger partial charge in [-0.05, 0) is 73.7 Å². The first-order valence-corrected chi connectivity index (χ1v) is 14.7. The van der Waals surface area contributed by atoms with Crippen LogP contribution in [0.1, 0.15) is 76.9 Å². The summed E-state index contributed by atoms with van der Waals surface area (Å²) in [5.74, 6) is -0.967. The highest BCUT2D eigenvalue weighted by Crippen LogP contribution is 2.45. The lowest BCUT2D eigenvalue weighted by Crippen LogP contribution is -2.54. The first kappa shape index (κ1) is 25.0. The summed E-state index contributed by atoms with van der Waals surface area (Å²) < 4.78 is 4.43. The largest absolute Gasteiger partial charge is 0.385 e. The van der Waals surface area contributed by atoms with Gasteiger partial charge >= 0.3 is 0 Å². The molecule has 0 radical (unpaired) electrons. The first-order chi connectivity index (χ1) is 20.4. The molecular formula is C32H30N6O4. The summed E-state index contributed by atoms with van der Waals surface area (Å²) >= 11 is 0. The third kappa shape index (κ3) is 4.04. The molecule has 212 valence electrons. The van der Waals surface area contributed by atoms with E-state index >= 15 is 0 Å². The van der Waals surface area contributed by atoms with Crippen LogP contribution in [-0.4, -0.2) is 55.5 Å². The zero-order valence-corrected chi connectivity index (χ0v) is 23.0. The fourth-order valence-corrected chi connectivity index (χ4v) is 6.64. The van der Waals surface area contributed by atoms with Crippen LogP contribution in [0.5, 0.6) is 0 Å². The van der Waals surface area contributed by atoms with E-state index < -0.39 is 23.8 Å². The Morgan fingerprint density at radius 1 is 0.929 bits per heavy atom. The molecule has 4 aliphatic rings. The minimum absolute atomic E-state index is 0.101. The molecule has 1 unspecified atom stereocenters. The maximum atomic E-state index is 13.1. The number of aromatic nitrogens is 3. The van der Waals surface area contributed by atoms with Gasteiger partial charge in [0, 0.05) is 37.0 Å². The van der Waals surface area contributed by atoms with Gasteiger partial charge in [0.1, 0.15) is 6.04 Å². The number of rotatable bonds is 7. The zero-order chi connectivity index (χ0) is 28.5. The second kappa shape index (κ2) is 9.40. The Bertz CT molecular complexity index is 1790. The topological polar surface area (TPSA) is 118 Å². The van der Waals surface area contributed by atoms with Crippen LogP contribution in [0.2, 0.25) is 0 Å². The molecular weight excluding hydrogens is 532 g/mol. The lowest BCUT2D eigenvalue weighted by Gasteiger charge is -2.35. The van der Waals surface area contributed by atoms with Crippen molar-refractivity contribution >= 4 is 40.2 Å². The number of imide groups is 2. The van der Waals surface area contributed by atoms with Crippen molar-refractivity contribution in [2.75, 3.05) is 11.9 Å². The van der Waals surface area contributed by atoms with E-state index in [0.717, 1.165) is 30.0 Å². The van der Waals surface area contributed by atoms with E-state index in [4.69, 9.17) is 5.10 Å². The predicted molar refractivity (Wildman–Crippen MR) is 154 cm³/mol. The predicted octanol–water partition coefficient (Wildman–Crippen LogP) is 4.17. The van der Waals surface area contributed by atoms with Gasteiger partial charge in [-0.25, -0.2) is 0 Å². The molecule has 4 amide bonds. The summed E-state index contributed by atoms with van der Waals surface area (Å²) in [6.07, 6.45) is 9.01. The Morgan fingerprint density at radius 2 is 1.74 bits per heavy atom. The molecule has 10 heteroatoms. The number of nitrogens with zero attached hydrogens (tertiary/aromatic N) is 4. The quantitative estimate of drug-likeness (QED) is 0.327. The van der Waals surface area contributed by atoms with E-state index in [1.54, 1.807) is 18.2 Å². The third-order valence-electron chi connectivity index (χ3n) is 9.18. The number of fused-ring (bicyclic) bond motifs is 2. The number of carbonyl (C=O) groups is 4. The summed E-state index contributed by atoms with van der Waals surface area (Å²) in [7, 11) is 0. The standard InChI is InChI=1S/C32H30N6O4/c39-28-10-9-26(30(40)34-28)38-31(41)23-8-7-21(15-24(23)32(38)42)33-16-18-13-22(14-18)37-17-27(29(35-37)20-5-6-20)36-12-11-19-3-1-2-4-25(19)36/h1-4,7-8,11-12,15,17-18,20,22,26,33H,5-6,9-10,13-14,16H2,(H,34,39,40). The van der Waals surface area contributed by atoms with Crippen LogP contribution in [0.15, 0.2) is 60.9 Å². The molecule has 1 saturated heterocycles. The highest BCUT2D eigenvalue weighted by Gasteiger charge is 2.44. The molecule has 2 saturated carbocycles. The average molecular weight is 563 g/mol. The minimum Gasteiger partial charge on any atom is -0.385 e. The molecule has 2 N–H and O–H groups in total. The van der Waals surface area contributed by atoms with E-state index in [2.05, 4.69) is 62.6 Å².